The monoisotopic (exact) mass is 253 g/mol. The Morgan fingerprint density at radius 1 is 1.35 bits per heavy atom. The molecule has 1 heterocycles. The molecule has 17 heavy (non-hydrogen) atoms. The third-order valence-electron chi connectivity index (χ3n) is 2.85. The Balaban J connectivity index is 2.93. The number of aryl methyl sites for hydroxylation is 1. The minimum atomic E-state index is -0.522. The van der Waals surface area contributed by atoms with E-state index in [1.54, 1.807) is 0 Å². The molecule has 0 saturated carbocycles. The molecule has 0 amide bonds. The summed E-state index contributed by atoms with van der Waals surface area (Å²) < 4.78 is 13.3. The molecule has 0 bridgehead atoms. The standard InChI is InChI=1S/C13H13ClFNO/c1-6(2)12-7(3)16-11-5-10(15)9(14)4-8(11)13(12)17/h4-6H,1-3H3,(H,16,17). The van der Waals surface area contributed by atoms with Crippen LogP contribution in [0.3, 0.4) is 0 Å². The van der Waals surface area contributed by atoms with E-state index in [0.29, 0.717) is 10.9 Å². The molecule has 0 aliphatic rings. The second-order valence-corrected chi connectivity index (χ2v) is 4.87. The van der Waals surface area contributed by atoms with E-state index in [9.17, 15) is 9.18 Å². The minimum absolute atomic E-state index is 0.0263. The molecule has 0 unspecified atom stereocenters. The molecule has 90 valence electrons. The van der Waals surface area contributed by atoms with Crippen LogP contribution in [-0.2, 0) is 0 Å². The average Bonchev–Trinajstić information content (AvgIpc) is 2.21. The number of hydrogen-bond acceptors (Lipinski definition) is 1. The van der Waals surface area contributed by atoms with E-state index in [2.05, 4.69) is 4.98 Å². The lowest BCUT2D eigenvalue weighted by Crippen LogP contribution is -2.14. The zero-order valence-corrected chi connectivity index (χ0v) is 10.7. The molecule has 0 radical (unpaired) electrons. The van der Waals surface area contributed by atoms with Crippen LogP contribution in [0.5, 0.6) is 0 Å². The largest absolute Gasteiger partial charge is 0.358 e. The Morgan fingerprint density at radius 2 is 2.00 bits per heavy atom. The fourth-order valence-corrected chi connectivity index (χ4v) is 2.28. The summed E-state index contributed by atoms with van der Waals surface area (Å²) in [5, 5.41) is 0.409. The van der Waals surface area contributed by atoms with Crippen molar-refractivity contribution in [2.75, 3.05) is 0 Å². The van der Waals surface area contributed by atoms with Crippen LogP contribution in [0, 0.1) is 12.7 Å². The van der Waals surface area contributed by atoms with Crippen LogP contribution >= 0.6 is 11.6 Å². The Labute approximate surface area is 103 Å². The third-order valence-corrected chi connectivity index (χ3v) is 3.14. The van der Waals surface area contributed by atoms with Crippen molar-refractivity contribution in [3.8, 4) is 0 Å². The van der Waals surface area contributed by atoms with Gasteiger partial charge in [0.15, 0.2) is 5.43 Å². The van der Waals surface area contributed by atoms with Gasteiger partial charge in [0.05, 0.1) is 10.5 Å². The topological polar surface area (TPSA) is 32.9 Å². The summed E-state index contributed by atoms with van der Waals surface area (Å²) in [5.74, 6) is -0.404. The Hall–Kier alpha value is -1.35. The van der Waals surface area contributed by atoms with Crippen LogP contribution in [0.1, 0.15) is 31.0 Å². The summed E-state index contributed by atoms with van der Waals surface area (Å²) in [6.45, 7) is 5.73. The smallest absolute Gasteiger partial charge is 0.193 e. The molecule has 1 aromatic heterocycles. The van der Waals surface area contributed by atoms with E-state index in [4.69, 9.17) is 11.6 Å². The lowest BCUT2D eigenvalue weighted by molar-refractivity contribution is 0.629. The second kappa shape index (κ2) is 4.15. The van der Waals surface area contributed by atoms with Gasteiger partial charge in [-0.2, -0.15) is 0 Å². The third kappa shape index (κ3) is 1.95. The van der Waals surface area contributed by atoms with Crippen LogP contribution in [-0.4, -0.2) is 4.98 Å². The lowest BCUT2D eigenvalue weighted by Gasteiger charge is -2.11. The van der Waals surface area contributed by atoms with E-state index in [1.165, 1.54) is 12.1 Å². The minimum Gasteiger partial charge on any atom is -0.358 e. The van der Waals surface area contributed by atoms with Gasteiger partial charge >= 0.3 is 0 Å². The zero-order valence-electron chi connectivity index (χ0n) is 9.90. The number of nitrogens with one attached hydrogen (secondary N) is 1. The van der Waals surface area contributed by atoms with Crippen molar-refractivity contribution in [1.29, 1.82) is 0 Å². The van der Waals surface area contributed by atoms with Crippen molar-refractivity contribution in [2.45, 2.75) is 26.7 Å². The molecule has 0 atom stereocenters. The summed E-state index contributed by atoms with van der Waals surface area (Å²) in [4.78, 5) is 15.3. The highest BCUT2D eigenvalue weighted by molar-refractivity contribution is 6.31. The number of H-pyrrole nitrogens is 1. The lowest BCUT2D eigenvalue weighted by atomic mass is 9.99. The van der Waals surface area contributed by atoms with Gasteiger partial charge in [-0.3, -0.25) is 4.79 Å². The molecule has 0 aliphatic carbocycles. The Morgan fingerprint density at radius 3 is 2.59 bits per heavy atom. The van der Waals surface area contributed by atoms with Gasteiger partial charge in [-0.1, -0.05) is 25.4 Å². The molecule has 0 fully saturated rings. The van der Waals surface area contributed by atoms with E-state index in [-0.39, 0.29) is 16.4 Å². The molecule has 1 aromatic carbocycles. The van der Waals surface area contributed by atoms with E-state index in [1.807, 2.05) is 20.8 Å². The maximum atomic E-state index is 13.3. The highest BCUT2D eigenvalue weighted by Crippen LogP contribution is 2.22. The molecular weight excluding hydrogens is 241 g/mol. The quantitative estimate of drug-likeness (QED) is 0.825. The second-order valence-electron chi connectivity index (χ2n) is 4.46. The normalized spacial score (nSPS) is 11.4. The van der Waals surface area contributed by atoms with Crippen LogP contribution in [0.25, 0.3) is 10.9 Å². The first-order chi connectivity index (χ1) is 7.91. The maximum absolute atomic E-state index is 13.3. The summed E-state index contributed by atoms with van der Waals surface area (Å²) in [5.41, 5.74) is 1.91. The summed E-state index contributed by atoms with van der Waals surface area (Å²) >= 11 is 5.70. The van der Waals surface area contributed by atoms with E-state index in [0.717, 1.165) is 11.3 Å². The molecule has 0 aliphatic heterocycles. The van der Waals surface area contributed by atoms with Crippen LogP contribution < -0.4 is 5.43 Å². The zero-order chi connectivity index (χ0) is 12.7. The summed E-state index contributed by atoms with van der Waals surface area (Å²) in [6.07, 6.45) is 0. The first-order valence-electron chi connectivity index (χ1n) is 5.43. The van der Waals surface area contributed by atoms with Gasteiger partial charge < -0.3 is 4.98 Å². The number of pyridine rings is 1. The number of halogens is 2. The number of fused-ring (bicyclic) bond motifs is 1. The van der Waals surface area contributed by atoms with Gasteiger partial charge in [-0.05, 0) is 25.0 Å². The van der Waals surface area contributed by atoms with Gasteiger partial charge in [-0.25, -0.2) is 4.39 Å². The van der Waals surface area contributed by atoms with E-state index >= 15 is 0 Å². The molecular formula is C13H13ClFNO. The molecule has 2 aromatic rings. The number of hydrogen-bond donors (Lipinski definition) is 1. The van der Waals surface area contributed by atoms with Gasteiger partial charge in [0.1, 0.15) is 5.82 Å². The van der Waals surface area contributed by atoms with Gasteiger partial charge in [0.25, 0.3) is 0 Å². The SMILES string of the molecule is Cc1[nH]c2cc(F)c(Cl)cc2c(=O)c1C(C)C. The Bertz CT molecular complexity index is 646. The molecule has 4 heteroatoms. The molecule has 2 nitrogen and oxygen atoms in total. The highest BCUT2D eigenvalue weighted by Gasteiger charge is 2.14. The van der Waals surface area contributed by atoms with Gasteiger partial charge in [0.2, 0.25) is 0 Å². The van der Waals surface area contributed by atoms with Crippen molar-refractivity contribution in [3.63, 3.8) is 0 Å². The molecule has 1 N–H and O–H groups in total. The fraction of sp³-hybridized carbons (Fsp3) is 0.308. The van der Waals surface area contributed by atoms with Gasteiger partial charge in [0, 0.05) is 16.6 Å². The maximum Gasteiger partial charge on any atom is 0.193 e. The van der Waals surface area contributed by atoms with E-state index < -0.39 is 5.82 Å². The van der Waals surface area contributed by atoms with Crippen molar-refractivity contribution in [2.24, 2.45) is 0 Å². The van der Waals surface area contributed by atoms with Crippen molar-refractivity contribution >= 4 is 22.5 Å². The predicted molar refractivity (Wildman–Crippen MR) is 68.4 cm³/mol. The Kier molecular flexibility index (Phi) is 2.96. The van der Waals surface area contributed by atoms with Crippen LogP contribution in [0.2, 0.25) is 5.02 Å². The molecule has 0 saturated heterocycles. The molecule has 0 spiro atoms. The van der Waals surface area contributed by atoms with Crippen LogP contribution in [0.4, 0.5) is 4.39 Å². The summed E-state index contributed by atoms with van der Waals surface area (Å²) in [7, 11) is 0. The number of aromatic nitrogens is 1. The average molecular weight is 254 g/mol. The summed E-state index contributed by atoms with van der Waals surface area (Å²) in [6, 6.07) is 2.65. The fourth-order valence-electron chi connectivity index (χ4n) is 2.12. The van der Waals surface area contributed by atoms with Crippen molar-refractivity contribution in [3.05, 3.63) is 44.5 Å². The first-order valence-corrected chi connectivity index (χ1v) is 5.81. The number of aromatic amines is 1. The predicted octanol–water partition coefficient (Wildman–Crippen LogP) is 3.75. The highest BCUT2D eigenvalue weighted by atomic mass is 35.5. The van der Waals surface area contributed by atoms with Gasteiger partial charge in [-0.15, -0.1) is 0 Å². The van der Waals surface area contributed by atoms with Crippen molar-refractivity contribution < 1.29 is 4.39 Å². The number of benzene rings is 1. The van der Waals surface area contributed by atoms with Crippen molar-refractivity contribution in [1.82, 2.24) is 4.98 Å². The van der Waals surface area contributed by atoms with Crippen LogP contribution in [0.15, 0.2) is 16.9 Å². The first kappa shape index (κ1) is 12.1. The molecule has 2 rings (SSSR count). The number of rotatable bonds is 1.